The molecule has 1 fully saturated rings. The molecule has 110 valence electrons. The predicted octanol–water partition coefficient (Wildman–Crippen LogP) is 3.71. The Labute approximate surface area is 132 Å². The second kappa shape index (κ2) is 5.70. The average molecular weight is 325 g/mol. The number of hydrogen-bond acceptors (Lipinski definition) is 3. The van der Waals surface area contributed by atoms with Crippen molar-refractivity contribution in [2.45, 2.75) is 25.8 Å². The van der Waals surface area contributed by atoms with E-state index >= 15 is 0 Å². The minimum Gasteiger partial charge on any atom is -0.361 e. The van der Waals surface area contributed by atoms with Crippen LogP contribution in [0.25, 0.3) is 0 Å². The van der Waals surface area contributed by atoms with Crippen molar-refractivity contribution in [3.63, 3.8) is 0 Å². The molecule has 2 atom stereocenters. The summed E-state index contributed by atoms with van der Waals surface area (Å²) in [5.41, 5.74) is 1.71. The number of carbonyl (C=O) groups excluding carboxylic acids is 1. The highest BCUT2D eigenvalue weighted by Crippen LogP contribution is 2.50. The van der Waals surface area contributed by atoms with Crippen molar-refractivity contribution < 1.29 is 9.32 Å². The van der Waals surface area contributed by atoms with E-state index in [-0.39, 0.29) is 17.7 Å². The molecule has 4 nitrogen and oxygen atoms in total. The van der Waals surface area contributed by atoms with E-state index < -0.39 is 0 Å². The van der Waals surface area contributed by atoms with Crippen LogP contribution in [-0.4, -0.2) is 11.1 Å². The van der Waals surface area contributed by atoms with E-state index in [9.17, 15) is 4.79 Å². The molecule has 1 amide bonds. The fourth-order valence-corrected chi connectivity index (χ4v) is 2.99. The molecule has 3 rings (SSSR count). The summed E-state index contributed by atoms with van der Waals surface area (Å²) in [5, 5.41) is 7.94. The fourth-order valence-electron chi connectivity index (χ4n) is 2.44. The van der Waals surface area contributed by atoms with Crippen molar-refractivity contribution in [3.05, 3.63) is 51.3 Å². The zero-order valence-electron chi connectivity index (χ0n) is 11.4. The van der Waals surface area contributed by atoms with Gasteiger partial charge in [0.2, 0.25) is 5.91 Å². The lowest BCUT2D eigenvalue weighted by molar-refractivity contribution is -0.122. The van der Waals surface area contributed by atoms with E-state index in [1.807, 2.05) is 13.0 Å². The predicted molar refractivity (Wildman–Crippen MR) is 80.4 cm³/mol. The highest BCUT2D eigenvalue weighted by molar-refractivity contribution is 6.35. The van der Waals surface area contributed by atoms with Crippen molar-refractivity contribution in [1.82, 2.24) is 10.5 Å². The van der Waals surface area contributed by atoms with Crippen LogP contribution in [0.4, 0.5) is 0 Å². The minimum atomic E-state index is -0.0309. The van der Waals surface area contributed by atoms with Crippen LogP contribution < -0.4 is 5.32 Å². The average Bonchev–Trinajstić information content (AvgIpc) is 3.11. The van der Waals surface area contributed by atoms with Gasteiger partial charge in [0.15, 0.2) is 0 Å². The molecular weight excluding hydrogens is 311 g/mol. The van der Waals surface area contributed by atoms with Crippen molar-refractivity contribution in [1.29, 1.82) is 0 Å². The largest absolute Gasteiger partial charge is 0.361 e. The Balaban J connectivity index is 1.58. The molecule has 1 aromatic carbocycles. The zero-order chi connectivity index (χ0) is 15.0. The van der Waals surface area contributed by atoms with Crippen LogP contribution in [0.5, 0.6) is 0 Å². The smallest absolute Gasteiger partial charge is 0.224 e. The zero-order valence-corrected chi connectivity index (χ0v) is 12.9. The van der Waals surface area contributed by atoms with Gasteiger partial charge in [0.05, 0.1) is 6.54 Å². The van der Waals surface area contributed by atoms with Gasteiger partial charge in [0.25, 0.3) is 0 Å². The Bertz CT molecular complexity index is 684. The summed E-state index contributed by atoms with van der Waals surface area (Å²) in [5.74, 6) is 0.897. The van der Waals surface area contributed by atoms with Gasteiger partial charge in [0.1, 0.15) is 11.5 Å². The van der Waals surface area contributed by atoms with Crippen LogP contribution in [-0.2, 0) is 11.3 Å². The Kier molecular flexibility index (Phi) is 3.91. The first-order valence-corrected chi connectivity index (χ1v) is 7.45. The number of amides is 1. The summed E-state index contributed by atoms with van der Waals surface area (Å²) >= 11 is 12.1. The van der Waals surface area contributed by atoms with Crippen molar-refractivity contribution in [3.8, 4) is 0 Å². The molecule has 6 heteroatoms. The summed E-state index contributed by atoms with van der Waals surface area (Å²) in [6.45, 7) is 2.20. The van der Waals surface area contributed by atoms with Crippen LogP contribution in [0.2, 0.25) is 10.0 Å². The van der Waals surface area contributed by atoms with Gasteiger partial charge in [-0.1, -0.05) is 34.4 Å². The molecule has 1 aliphatic carbocycles. The van der Waals surface area contributed by atoms with Crippen molar-refractivity contribution in [2.75, 3.05) is 0 Å². The van der Waals surface area contributed by atoms with Gasteiger partial charge in [-0.3, -0.25) is 4.79 Å². The summed E-state index contributed by atoms with van der Waals surface area (Å²) in [4.78, 5) is 12.1. The molecule has 0 radical (unpaired) electrons. The Morgan fingerprint density at radius 1 is 1.43 bits per heavy atom. The lowest BCUT2D eigenvalue weighted by Crippen LogP contribution is -2.25. The molecule has 21 heavy (non-hydrogen) atoms. The summed E-state index contributed by atoms with van der Waals surface area (Å²) < 4.78 is 4.96. The Morgan fingerprint density at radius 2 is 2.24 bits per heavy atom. The summed E-state index contributed by atoms with van der Waals surface area (Å²) in [6, 6.07) is 7.21. The van der Waals surface area contributed by atoms with E-state index in [2.05, 4.69) is 10.5 Å². The van der Waals surface area contributed by atoms with E-state index in [1.54, 1.807) is 18.2 Å². The van der Waals surface area contributed by atoms with Gasteiger partial charge in [-0.25, -0.2) is 0 Å². The van der Waals surface area contributed by atoms with E-state index in [1.165, 1.54) is 0 Å². The number of benzene rings is 1. The first-order valence-electron chi connectivity index (χ1n) is 6.69. The molecule has 2 aromatic rings. The number of halogens is 2. The van der Waals surface area contributed by atoms with Crippen LogP contribution in [0, 0.1) is 12.8 Å². The van der Waals surface area contributed by atoms with Crippen molar-refractivity contribution >= 4 is 29.1 Å². The van der Waals surface area contributed by atoms with Gasteiger partial charge in [-0.2, -0.15) is 0 Å². The topological polar surface area (TPSA) is 55.1 Å². The highest BCUT2D eigenvalue weighted by atomic mass is 35.5. The third-order valence-electron chi connectivity index (χ3n) is 3.61. The Morgan fingerprint density at radius 3 is 2.90 bits per heavy atom. The molecule has 0 saturated heterocycles. The number of rotatable bonds is 4. The molecule has 0 bridgehead atoms. The molecule has 1 N–H and O–H groups in total. The van der Waals surface area contributed by atoms with Gasteiger partial charge in [0, 0.05) is 22.0 Å². The first-order chi connectivity index (χ1) is 10.0. The number of carbonyl (C=O) groups is 1. The molecule has 1 aliphatic rings. The second-order valence-corrected chi connectivity index (χ2v) is 6.10. The number of aryl methyl sites for hydroxylation is 1. The lowest BCUT2D eigenvalue weighted by Gasteiger charge is -2.05. The molecule has 0 unspecified atom stereocenters. The third kappa shape index (κ3) is 3.22. The van der Waals surface area contributed by atoms with E-state index in [4.69, 9.17) is 27.7 Å². The lowest BCUT2D eigenvalue weighted by atomic mass is 10.1. The van der Waals surface area contributed by atoms with Crippen LogP contribution in [0.15, 0.2) is 28.8 Å². The summed E-state index contributed by atoms with van der Waals surface area (Å²) in [6.07, 6.45) is 0.811. The molecule has 0 spiro atoms. The van der Waals surface area contributed by atoms with Crippen LogP contribution in [0.1, 0.15) is 29.4 Å². The van der Waals surface area contributed by atoms with Gasteiger partial charge in [-0.05, 0) is 37.0 Å². The maximum Gasteiger partial charge on any atom is 0.224 e. The van der Waals surface area contributed by atoms with Gasteiger partial charge >= 0.3 is 0 Å². The first kappa shape index (κ1) is 14.4. The maximum absolute atomic E-state index is 12.1. The number of nitrogens with one attached hydrogen (secondary N) is 1. The Hall–Kier alpha value is -1.52. The highest BCUT2D eigenvalue weighted by Gasteiger charge is 2.44. The normalized spacial score (nSPS) is 20.3. The molecular formula is C15H14Cl2N2O2. The monoisotopic (exact) mass is 324 g/mol. The van der Waals surface area contributed by atoms with Gasteiger partial charge in [-0.15, -0.1) is 0 Å². The number of nitrogens with zero attached hydrogens (tertiary/aromatic N) is 1. The number of aromatic nitrogens is 1. The molecule has 1 heterocycles. The molecule has 0 aliphatic heterocycles. The third-order valence-corrected chi connectivity index (χ3v) is 4.17. The molecule has 1 saturated carbocycles. The van der Waals surface area contributed by atoms with Crippen molar-refractivity contribution in [2.24, 2.45) is 5.92 Å². The second-order valence-electron chi connectivity index (χ2n) is 5.26. The minimum absolute atomic E-state index is 0.0201. The molecule has 1 aromatic heterocycles. The summed E-state index contributed by atoms with van der Waals surface area (Å²) in [7, 11) is 0. The number of hydrogen-bond donors (Lipinski definition) is 1. The van der Waals surface area contributed by atoms with Crippen LogP contribution >= 0.6 is 23.2 Å². The van der Waals surface area contributed by atoms with Gasteiger partial charge < -0.3 is 9.84 Å². The van der Waals surface area contributed by atoms with E-state index in [0.29, 0.717) is 16.6 Å². The fraction of sp³-hybridized carbons (Fsp3) is 0.333. The maximum atomic E-state index is 12.1. The van der Waals surface area contributed by atoms with Crippen LogP contribution in [0.3, 0.4) is 0 Å². The SMILES string of the molecule is Cc1cc(CNC(=O)[C@H]2C[C@@H]2c2ccc(Cl)cc2Cl)no1. The van der Waals surface area contributed by atoms with E-state index in [0.717, 1.165) is 23.4 Å². The standard InChI is InChI=1S/C15H14Cl2N2O2/c1-8-4-10(19-21-8)7-18-15(20)13-6-12(13)11-3-2-9(16)5-14(11)17/h2-5,12-13H,6-7H2,1H3,(H,18,20)/t12-,13+/m1/s1. The quantitative estimate of drug-likeness (QED) is 0.932.